The van der Waals surface area contributed by atoms with E-state index in [0.717, 1.165) is 11.3 Å². The van der Waals surface area contributed by atoms with Gasteiger partial charge in [0.05, 0.1) is 13.2 Å². The fourth-order valence-electron chi connectivity index (χ4n) is 1.98. The third kappa shape index (κ3) is 5.30. The molecule has 0 spiro atoms. The molecule has 1 aromatic carbocycles. The van der Waals surface area contributed by atoms with E-state index >= 15 is 0 Å². The molecule has 0 radical (unpaired) electrons. The Kier molecular flexibility index (Phi) is 6.03. The van der Waals surface area contributed by atoms with Gasteiger partial charge in [-0.2, -0.15) is 0 Å². The molecule has 0 fully saturated rings. The molecule has 2 atom stereocenters. The molecule has 2 unspecified atom stereocenters. The summed E-state index contributed by atoms with van der Waals surface area (Å²) in [5.74, 6) is -0.465. The van der Waals surface area contributed by atoms with Gasteiger partial charge in [-0.1, -0.05) is 19.1 Å². The highest BCUT2D eigenvalue weighted by Gasteiger charge is 2.15. The van der Waals surface area contributed by atoms with E-state index < -0.39 is 5.97 Å². The van der Waals surface area contributed by atoms with Crippen LogP contribution in [-0.4, -0.2) is 24.1 Å². The largest absolute Gasteiger partial charge is 0.497 e. The van der Waals surface area contributed by atoms with Crippen molar-refractivity contribution in [3.05, 3.63) is 29.8 Å². The molecule has 0 aromatic heterocycles. The predicted octanol–water partition coefficient (Wildman–Crippen LogP) is 2.37. The topological polar surface area (TPSA) is 75.6 Å². The third-order valence-electron chi connectivity index (χ3n) is 3.03. The van der Waals surface area contributed by atoms with Crippen LogP contribution >= 0.6 is 0 Å². The lowest BCUT2D eigenvalue weighted by molar-refractivity contribution is -0.138. The van der Waals surface area contributed by atoms with Crippen molar-refractivity contribution in [1.29, 1.82) is 0 Å². The zero-order chi connectivity index (χ0) is 15.1. The van der Waals surface area contributed by atoms with Crippen LogP contribution in [0.4, 0.5) is 0 Å². The van der Waals surface area contributed by atoms with E-state index in [1.807, 2.05) is 31.2 Å². The van der Waals surface area contributed by atoms with Gasteiger partial charge in [-0.05, 0) is 30.5 Å². The molecular weight excluding hydrogens is 258 g/mol. The van der Waals surface area contributed by atoms with Crippen molar-refractivity contribution < 1.29 is 19.4 Å². The van der Waals surface area contributed by atoms with Crippen LogP contribution in [0.1, 0.15) is 38.3 Å². The maximum Gasteiger partial charge on any atom is 0.303 e. The lowest BCUT2D eigenvalue weighted by Crippen LogP contribution is -2.28. The Balaban J connectivity index is 2.54. The number of methoxy groups -OCH3 is 1. The van der Waals surface area contributed by atoms with E-state index in [2.05, 4.69) is 5.32 Å². The minimum absolute atomic E-state index is 0.000953. The SMILES string of the molecule is COc1cccc(C(C)NC(=O)CC(C)CC(=O)O)c1. The van der Waals surface area contributed by atoms with E-state index in [0.29, 0.717) is 0 Å². The first-order valence-electron chi connectivity index (χ1n) is 6.57. The molecule has 2 N–H and O–H groups in total. The summed E-state index contributed by atoms with van der Waals surface area (Å²) < 4.78 is 5.14. The zero-order valence-corrected chi connectivity index (χ0v) is 12.1. The number of carbonyl (C=O) groups excluding carboxylic acids is 1. The summed E-state index contributed by atoms with van der Waals surface area (Å²) in [5.41, 5.74) is 0.948. The van der Waals surface area contributed by atoms with Crippen LogP contribution in [0, 0.1) is 5.92 Å². The van der Waals surface area contributed by atoms with E-state index in [4.69, 9.17) is 9.84 Å². The third-order valence-corrected chi connectivity index (χ3v) is 3.03. The molecule has 0 heterocycles. The first kappa shape index (κ1) is 16.0. The highest BCUT2D eigenvalue weighted by atomic mass is 16.5. The minimum atomic E-state index is -0.883. The molecule has 0 saturated heterocycles. The Morgan fingerprint density at radius 2 is 2.00 bits per heavy atom. The second-order valence-electron chi connectivity index (χ2n) is 4.97. The van der Waals surface area contributed by atoms with Crippen LogP contribution in [0.2, 0.25) is 0 Å². The number of benzene rings is 1. The van der Waals surface area contributed by atoms with Gasteiger partial charge in [0.25, 0.3) is 0 Å². The molecule has 1 rings (SSSR count). The van der Waals surface area contributed by atoms with Crippen molar-refractivity contribution in [3.8, 4) is 5.75 Å². The van der Waals surface area contributed by atoms with Gasteiger partial charge < -0.3 is 15.2 Å². The molecule has 0 aliphatic rings. The summed E-state index contributed by atoms with van der Waals surface area (Å²) in [6.07, 6.45) is 0.210. The molecule has 5 nitrogen and oxygen atoms in total. The Morgan fingerprint density at radius 3 is 2.60 bits per heavy atom. The normalized spacial score (nSPS) is 13.3. The van der Waals surface area contributed by atoms with Crippen LogP contribution in [0.15, 0.2) is 24.3 Å². The van der Waals surface area contributed by atoms with Crippen LogP contribution in [0.5, 0.6) is 5.75 Å². The van der Waals surface area contributed by atoms with Crippen molar-refractivity contribution in [1.82, 2.24) is 5.32 Å². The zero-order valence-electron chi connectivity index (χ0n) is 12.1. The van der Waals surface area contributed by atoms with Crippen LogP contribution < -0.4 is 10.1 Å². The van der Waals surface area contributed by atoms with E-state index in [1.165, 1.54) is 0 Å². The number of hydrogen-bond acceptors (Lipinski definition) is 3. The van der Waals surface area contributed by atoms with Gasteiger partial charge in [0, 0.05) is 12.8 Å². The monoisotopic (exact) mass is 279 g/mol. The maximum absolute atomic E-state index is 11.8. The van der Waals surface area contributed by atoms with Gasteiger partial charge in [-0.3, -0.25) is 9.59 Å². The molecule has 1 amide bonds. The first-order valence-corrected chi connectivity index (χ1v) is 6.57. The Hall–Kier alpha value is -2.04. The molecule has 0 bridgehead atoms. The fourth-order valence-corrected chi connectivity index (χ4v) is 1.98. The predicted molar refractivity (Wildman–Crippen MR) is 75.6 cm³/mol. The summed E-state index contributed by atoms with van der Waals surface area (Å²) in [4.78, 5) is 22.4. The molecule has 110 valence electrons. The van der Waals surface area contributed by atoms with Crippen molar-refractivity contribution >= 4 is 11.9 Å². The van der Waals surface area contributed by atoms with Gasteiger partial charge in [-0.25, -0.2) is 0 Å². The van der Waals surface area contributed by atoms with E-state index in [-0.39, 0.29) is 30.7 Å². The molecule has 0 saturated carbocycles. The maximum atomic E-state index is 11.8. The highest BCUT2D eigenvalue weighted by Crippen LogP contribution is 2.19. The number of carbonyl (C=O) groups is 2. The number of hydrogen-bond donors (Lipinski definition) is 2. The average molecular weight is 279 g/mol. The molecule has 0 aliphatic heterocycles. The summed E-state index contributed by atoms with van der Waals surface area (Å²) >= 11 is 0. The van der Waals surface area contributed by atoms with E-state index in [1.54, 1.807) is 14.0 Å². The average Bonchev–Trinajstić information content (AvgIpc) is 2.37. The Morgan fingerprint density at radius 1 is 1.30 bits per heavy atom. The van der Waals surface area contributed by atoms with Gasteiger partial charge in [-0.15, -0.1) is 0 Å². The molecular formula is C15H21NO4. The fraction of sp³-hybridized carbons (Fsp3) is 0.467. The standard InChI is InChI=1S/C15H21NO4/c1-10(8-15(18)19)7-14(17)16-11(2)12-5-4-6-13(9-12)20-3/h4-6,9-11H,7-8H2,1-3H3,(H,16,17)(H,18,19). The summed E-state index contributed by atoms with van der Waals surface area (Å²) in [5, 5.41) is 11.5. The second kappa shape index (κ2) is 7.53. The van der Waals surface area contributed by atoms with E-state index in [9.17, 15) is 9.59 Å². The van der Waals surface area contributed by atoms with Crippen molar-refractivity contribution in [2.24, 2.45) is 5.92 Å². The molecule has 5 heteroatoms. The molecule has 1 aromatic rings. The molecule has 20 heavy (non-hydrogen) atoms. The lowest BCUT2D eigenvalue weighted by Gasteiger charge is -2.16. The number of amides is 1. The van der Waals surface area contributed by atoms with Crippen molar-refractivity contribution in [2.45, 2.75) is 32.7 Å². The number of aliphatic carboxylic acids is 1. The van der Waals surface area contributed by atoms with Gasteiger partial charge in [0.15, 0.2) is 0 Å². The van der Waals surface area contributed by atoms with Gasteiger partial charge >= 0.3 is 5.97 Å². The smallest absolute Gasteiger partial charge is 0.303 e. The van der Waals surface area contributed by atoms with Crippen molar-refractivity contribution in [2.75, 3.05) is 7.11 Å². The van der Waals surface area contributed by atoms with Crippen molar-refractivity contribution in [3.63, 3.8) is 0 Å². The summed E-state index contributed by atoms with van der Waals surface area (Å²) in [7, 11) is 1.59. The van der Waals surface area contributed by atoms with Crippen LogP contribution in [0.3, 0.4) is 0 Å². The Labute approximate surface area is 118 Å². The lowest BCUT2D eigenvalue weighted by atomic mass is 10.0. The number of rotatable bonds is 7. The number of carboxylic acids is 1. The number of nitrogens with one attached hydrogen (secondary N) is 1. The number of ether oxygens (including phenoxy) is 1. The van der Waals surface area contributed by atoms with Crippen LogP contribution in [-0.2, 0) is 9.59 Å². The highest BCUT2D eigenvalue weighted by molar-refractivity contribution is 5.77. The first-order chi connectivity index (χ1) is 9.42. The summed E-state index contributed by atoms with van der Waals surface area (Å²) in [6.45, 7) is 3.64. The number of carboxylic acid groups (broad SMARTS) is 1. The van der Waals surface area contributed by atoms with Crippen LogP contribution in [0.25, 0.3) is 0 Å². The molecule has 0 aliphatic carbocycles. The quantitative estimate of drug-likeness (QED) is 0.803. The second-order valence-corrected chi connectivity index (χ2v) is 4.97. The van der Waals surface area contributed by atoms with Gasteiger partial charge in [0.1, 0.15) is 5.75 Å². The Bertz CT molecular complexity index is 473. The summed E-state index contributed by atoms with van der Waals surface area (Å²) in [6, 6.07) is 7.34. The van der Waals surface area contributed by atoms with Gasteiger partial charge in [0.2, 0.25) is 5.91 Å². The minimum Gasteiger partial charge on any atom is -0.497 e.